The van der Waals surface area contributed by atoms with Crippen LogP contribution < -0.4 is 10.6 Å². The van der Waals surface area contributed by atoms with Gasteiger partial charge in [-0.2, -0.15) is 5.10 Å². The highest BCUT2D eigenvalue weighted by atomic mass is 16.2. The van der Waals surface area contributed by atoms with Crippen LogP contribution in [0.5, 0.6) is 0 Å². The van der Waals surface area contributed by atoms with Crippen molar-refractivity contribution in [2.24, 2.45) is 5.92 Å². The highest BCUT2D eigenvalue weighted by molar-refractivity contribution is 6.08. The van der Waals surface area contributed by atoms with Gasteiger partial charge in [0.15, 0.2) is 0 Å². The van der Waals surface area contributed by atoms with E-state index in [4.69, 9.17) is 5.10 Å². The number of nitrogens with one attached hydrogen (secondary N) is 2. The summed E-state index contributed by atoms with van der Waals surface area (Å²) in [6.45, 7) is 0.573. The van der Waals surface area contributed by atoms with Crippen LogP contribution in [0.25, 0.3) is 11.3 Å². The molecule has 2 amide bonds. The molecule has 0 bridgehead atoms. The smallest absolute Gasteiger partial charge is 0.259 e. The first-order valence-electron chi connectivity index (χ1n) is 11.0. The van der Waals surface area contributed by atoms with Crippen molar-refractivity contribution in [3.8, 4) is 11.3 Å². The van der Waals surface area contributed by atoms with Crippen LogP contribution in [0, 0.1) is 5.92 Å². The van der Waals surface area contributed by atoms with Crippen molar-refractivity contribution < 1.29 is 9.59 Å². The topological polar surface area (TPSA) is 76.0 Å². The van der Waals surface area contributed by atoms with Gasteiger partial charge in [0.2, 0.25) is 5.91 Å². The second-order valence-corrected chi connectivity index (χ2v) is 8.24. The number of hydrogen-bond donors (Lipinski definition) is 2. The van der Waals surface area contributed by atoms with E-state index in [2.05, 4.69) is 10.6 Å². The first-order valence-corrected chi connectivity index (χ1v) is 11.0. The lowest BCUT2D eigenvalue weighted by atomic mass is 10.1. The minimum Gasteiger partial charge on any atom is -0.326 e. The van der Waals surface area contributed by atoms with Crippen LogP contribution in [-0.4, -0.2) is 21.6 Å². The minimum absolute atomic E-state index is 0.0603. The lowest BCUT2D eigenvalue weighted by molar-refractivity contribution is -0.117. The number of rotatable bonds is 7. The van der Waals surface area contributed by atoms with Crippen molar-refractivity contribution >= 4 is 23.2 Å². The maximum Gasteiger partial charge on any atom is 0.259 e. The molecule has 0 spiro atoms. The van der Waals surface area contributed by atoms with Crippen LogP contribution in [0.3, 0.4) is 0 Å². The van der Waals surface area contributed by atoms with Gasteiger partial charge in [-0.1, -0.05) is 60.7 Å². The molecule has 1 aliphatic rings. The number of benzene rings is 3. The number of aromatic nitrogens is 2. The zero-order valence-electron chi connectivity index (χ0n) is 18.1. The van der Waals surface area contributed by atoms with E-state index >= 15 is 0 Å². The Kier molecular flexibility index (Phi) is 5.72. The number of anilines is 2. The number of amides is 2. The van der Waals surface area contributed by atoms with Crippen LogP contribution in [-0.2, 0) is 11.3 Å². The van der Waals surface area contributed by atoms with Gasteiger partial charge >= 0.3 is 0 Å². The third kappa shape index (κ3) is 5.01. The second kappa shape index (κ2) is 9.12. The Morgan fingerprint density at radius 2 is 1.42 bits per heavy atom. The van der Waals surface area contributed by atoms with Gasteiger partial charge in [0.05, 0.1) is 12.1 Å². The molecule has 6 heteroatoms. The standard InChI is InChI=1S/C27H24N4O2/c32-26(21-11-12-21)28-22-13-15-23(16-14-22)29-27(33)24-18-31(17-19-7-3-1-4-8-19)30-25(24)20-9-5-2-6-10-20/h1-10,13-16,18,21H,11-12,17H2,(H,28,32)(H,29,33). The molecular weight excluding hydrogens is 412 g/mol. The Hall–Kier alpha value is -4.19. The van der Waals surface area contributed by atoms with Crippen molar-refractivity contribution in [1.82, 2.24) is 9.78 Å². The quantitative estimate of drug-likeness (QED) is 0.418. The van der Waals surface area contributed by atoms with Crippen molar-refractivity contribution in [3.63, 3.8) is 0 Å². The molecule has 164 valence electrons. The lowest BCUT2D eigenvalue weighted by Gasteiger charge is -2.08. The molecule has 5 rings (SSSR count). The molecule has 3 aromatic carbocycles. The van der Waals surface area contributed by atoms with E-state index in [1.165, 1.54) is 0 Å². The van der Waals surface area contributed by atoms with Crippen LogP contribution in [0.15, 0.2) is 91.1 Å². The van der Waals surface area contributed by atoms with Gasteiger partial charge in [0, 0.05) is 29.1 Å². The zero-order valence-corrected chi connectivity index (χ0v) is 18.1. The zero-order chi connectivity index (χ0) is 22.6. The summed E-state index contributed by atoms with van der Waals surface area (Å²) in [6, 6.07) is 26.9. The fourth-order valence-electron chi connectivity index (χ4n) is 3.67. The second-order valence-electron chi connectivity index (χ2n) is 8.24. The predicted molar refractivity (Wildman–Crippen MR) is 129 cm³/mol. The summed E-state index contributed by atoms with van der Waals surface area (Å²) in [5, 5.41) is 10.6. The lowest BCUT2D eigenvalue weighted by Crippen LogP contribution is -2.14. The first kappa shape index (κ1) is 20.7. The Labute approximate surface area is 192 Å². The molecule has 0 radical (unpaired) electrons. The SMILES string of the molecule is O=C(Nc1ccc(NC(=O)C2CC2)cc1)c1cn(Cc2ccccc2)nc1-c1ccccc1. The normalized spacial score (nSPS) is 12.8. The van der Waals surface area contributed by atoms with Gasteiger partial charge in [0.25, 0.3) is 5.91 Å². The summed E-state index contributed by atoms with van der Waals surface area (Å²) in [4.78, 5) is 25.1. The minimum atomic E-state index is -0.233. The first-order chi connectivity index (χ1) is 16.2. The summed E-state index contributed by atoms with van der Waals surface area (Å²) in [6.07, 6.45) is 3.71. The van der Waals surface area contributed by atoms with E-state index in [-0.39, 0.29) is 17.7 Å². The monoisotopic (exact) mass is 436 g/mol. The number of nitrogens with zero attached hydrogens (tertiary/aromatic N) is 2. The van der Waals surface area contributed by atoms with E-state index in [0.29, 0.717) is 23.5 Å². The predicted octanol–water partition coefficient (Wildman–Crippen LogP) is 5.20. The average Bonchev–Trinajstić information content (AvgIpc) is 3.62. The highest BCUT2D eigenvalue weighted by Crippen LogP contribution is 2.30. The molecule has 0 aliphatic heterocycles. The van der Waals surface area contributed by atoms with Crippen LogP contribution in [0.2, 0.25) is 0 Å². The van der Waals surface area contributed by atoms with Crippen LogP contribution in [0.1, 0.15) is 28.8 Å². The number of carbonyl (C=O) groups excluding carboxylic acids is 2. The van der Waals surface area contributed by atoms with Gasteiger partial charge < -0.3 is 10.6 Å². The third-order valence-corrected chi connectivity index (χ3v) is 5.60. The Bertz CT molecular complexity index is 1260. The van der Waals surface area contributed by atoms with Crippen molar-refractivity contribution in [3.05, 3.63) is 102 Å². The van der Waals surface area contributed by atoms with Gasteiger partial charge in [-0.3, -0.25) is 14.3 Å². The molecule has 0 unspecified atom stereocenters. The summed E-state index contributed by atoms with van der Waals surface area (Å²) in [7, 11) is 0. The van der Waals surface area contributed by atoms with E-state index < -0.39 is 0 Å². The van der Waals surface area contributed by atoms with Crippen molar-refractivity contribution in [1.29, 1.82) is 0 Å². The number of carbonyl (C=O) groups is 2. The van der Waals surface area contributed by atoms with E-state index in [1.54, 1.807) is 35.1 Å². The molecule has 1 aliphatic carbocycles. The highest BCUT2D eigenvalue weighted by Gasteiger charge is 2.29. The molecule has 1 heterocycles. The maximum atomic E-state index is 13.2. The Morgan fingerprint density at radius 3 is 2.06 bits per heavy atom. The van der Waals surface area contributed by atoms with E-state index in [9.17, 15) is 9.59 Å². The van der Waals surface area contributed by atoms with Crippen LogP contribution in [0.4, 0.5) is 11.4 Å². The molecule has 4 aromatic rings. The molecule has 0 atom stereocenters. The summed E-state index contributed by atoms with van der Waals surface area (Å²) < 4.78 is 1.79. The third-order valence-electron chi connectivity index (χ3n) is 5.60. The van der Waals surface area contributed by atoms with E-state index in [0.717, 1.165) is 29.7 Å². The largest absolute Gasteiger partial charge is 0.326 e. The number of hydrogen-bond acceptors (Lipinski definition) is 3. The van der Waals surface area contributed by atoms with Crippen molar-refractivity contribution in [2.45, 2.75) is 19.4 Å². The van der Waals surface area contributed by atoms with Gasteiger partial charge in [-0.15, -0.1) is 0 Å². The molecular formula is C27H24N4O2. The Balaban J connectivity index is 1.36. The Morgan fingerprint density at radius 1 is 0.818 bits per heavy atom. The molecule has 1 saturated carbocycles. The summed E-state index contributed by atoms with van der Waals surface area (Å²) in [5.41, 5.74) is 4.51. The van der Waals surface area contributed by atoms with Gasteiger partial charge in [-0.25, -0.2) is 0 Å². The van der Waals surface area contributed by atoms with Crippen LogP contribution >= 0.6 is 0 Å². The fourth-order valence-corrected chi connectivity index (χ4v) is 3.67. The fraction of sp³-hybridized carbons (Fsp3) is 0.148. The molecule has 1 fully saturated rings. The summed E-state index contributed by atoms with van der Waals surface area (Å²) in [5.74, 6) is -0.0266. The molecule has 1 aromatic heterocycles. The molecule has 0 saturated heterocycles. The van der Waals surface area contributed by atoms with Gasteiger partial charge in [-0.05, 0) is 42.7 Å². The van der Waals surface area contributed by atoms with Crippen molar-refractivity contribution in [2.75, 3.05) is 10.6 Å². The van der Waals surface area contributed by atoms with E-state index in [1.807, 2.05) is 60.7 Å². The summed E-state index contributed by atoms with van der Waals surface area (Å²) >= 11 is 0. The molecule has 6 nitrogen and oxygen atoms in total. The maximum absolute atomic E-state index is 13.2. The van der Waals surface area contributed by atoms with Gasteiger partial charge in [0.1, 0.15) is 5.69 Å². The molecule has 33 heavy (non-hydrogen) atoms. The average molecular weight is 437 g/mol. The molecule has 2 N–H and O–H groups in total.